The zero-order chi connectivity index (χ0) is 14.1. The Labute approximate surface area is 116 Å². The maximum atomic E-state index is 11.8. The van der Waals surface area contributed by atoms with Gasteiger partial charge in [0.2, 0.25) is 0 Å². The molecule has 0 saturated heterocycles. The summed E-state index contributed by atoms with van der Waals surface area (Å²) in [5, 5.41) is 9.13. The number of allylic oxidation sites excluding steroid dienone is 2. The Morgan fingerprint density at radius 3 is 2.65 bits per heavy atom. The number of hydrogen-bond acceptors (Lipinski definition) is 4. The Balaban J connectivity index is 2.23. The number of ketones is 1. The molecular formula is C16H13N3O. The average Bonchev–Trinajstić information content (AvgIpc) is 2.45. The van der Waals surface area contributed by atoms with E-state index < -0.39 is 0 Å². The zero-order valence-corrected chi connectivity index (χ0v) is 11.1. The van der Waals surface area contributed by atoms with Crippen molar-refractivity contribution in [2.24, 2.45) is 5.92 Å². The zero-order valence-electron chi connectivity index (χ0n) is 11.1. The third kappa shape index (κ3) is 2.08. The summed E-state index contributed by atoms with van der Waals surface area (Å²) in [5.41, 5.74) is 3.70. The lowest BCUT2D eigenvalue weighted by Gasteiger charge is -2.19. The second-order valence-electron chi connectivity index (χ2n) is 5.18. The Kier molecular flexibility index (Phi) is 3.03. The molecule has 0 bridgehead atoms. The predicted octanol–water partition coefficient (Wildman–Crippen LogP) is 2.88. The van der Waals surface area contributed by atoms with Crippen molar-refractivity contribution in [3.05, 3.63) is 41.7 Å². The normalized spacial score (nSPS) is 18.7. The van der Waals surface area contributed by atoms with E-state index in [2.05, 4.69) is 23.0 Å². The summed E-state index contributed by atoms with van der Waals surface area (Å²) < 4.78 is 0. The lowest BCUT2D eigenvalue weighted by molar-refractivity contribution is -0.115. The number of benzene rings is 1. The van der Waals surface area contributed by atoms with Gasteiger partial charge < -0.3 is 0 Å². The van der Waals surface area contributed by atoms with Gasteiger partial charge in [0.15, 0.2) is 5.78 Å². The predicted molar refractivity (Wildman–Crippen MR) is 75.6 cm³/mol. The van der Waals surface area contributed by atoms with Gasteiger partial charge >= 0.3 is 0 Å². The molecule has 1 aromatic carbocycles. The van der Waals surface area contributed by atoms with E-state index in [-0.39, 0.29) is 5.78 Å². The third-order valence-electron chi connectivity index (χ3n) is 3.54. The Hall–Kier alpha value is -2.54. The summed E-state index contributed by atoms with van der Waals surface area (Å²) in [6.45, 7) is 2.07. The fraction of sp³-hybridized carbons (Fsp3) is 0.250. The lowest BCUT2D eigenvalue weighted by Crippen LogP contribution is -2.11. The minimum atomic E-state index is 0.153. The molecule has 0 N–H and O–H groups in total. The first-order valence-electron chi connectivity index (χ1n) is 6.56. The van der Waals surface area contributed by atoms with Crippen molar-refractivity contribution in [2.75, 3.05) is 0 Å². The number of carbonyl (C=O) groups excluding carboxylic acids is 1. The van der Waals surface area contributed by atoms with Crippen molar-refractivity contribution in [3.8, 4) is 6.07 Å². The largest absolute Gasteiger partial charge is 0.295 e. The van der Waals surface area contributed by atoms with Crippen LogP contribution >= 0.6 is 0 Å². The monoisotopic (exact) mass is 263 g/mol. The maximum Gasteiger partial charge on any atom is 0.156 e. The van der Waals surface area contributed by atoms with Crippen LogP contribution in [0.3, 0.4) is 0 Å². The first-order chi connectivity index (χ1) is 9.69. The Bertz CT molecular complexity index is 771. The standard InChI is InChI=1S/C16H13N3O/c1-10-6-12(8-13(20)7-10)14-3-2-11(9-17)15-16(14)19-5-4-18-15/h2-5,8,10H,6-7H2,1H3. The van der Waals surface area contributed by atoms with Gasteiger partial charge in [0.25, 0.3) is 0 Å². The van der Waals surface area contributed by atoms with Gasteiger partial charge in [-0.3, -0.25) is 14.8 Å². The van der Waals surface area contributed by atoms with E-state index in [4.69, 9.17) is 5.26 Å². The maximum absolute atomic E-state index is 11.8. The topological polar surface area (TPSA) is 66.6 Å². The van der Waals surface area contributed by atoms with Gasteiger partial charge in [0, 0.05) is 24.4 Å². The summed E-state index contributed by atoms with van der Waals surface area (Å²) in [5.74, 6) is 0.491. The number of aromatic nitrogens is 2. The van der Waals surface area contributed by atoms with E-state index in [0.29, 0.717) is 28.9 Å². The molecule has 2 aromatic rings. The minimum absolute atomic E-state index is 0.153. The summed E-state index contributed by atoms with van der Waals surface area (Å²) in [6, 6.07) is 5.74. The van der Waals surface area contributed by atoms with Gasteiger partial charge in [-0.1, -0.05) is 13.0 Å². The smallest absolute Gasteiger partial charge is 0.156 e. The van der Waals surface area contributed by atoms with Crippen LogP contribution in [0.15, 0.2) is 30.6 Å². The van der Waals surface area contributed by atoms with Gasteiger partial charge in [-0.25, -0.2) is 0 Å². The molecule has 1 unspecified atom stereocenters. The van der Waals surface area contributed by atoms with Crippen molar-refractivity contribution < 1.29 is 4.79 Å². The molecule has 1 atom stereocenters. The molecule has 1 aliphatic carbocycles. The molecule has 1 heterocycles. The number of hydrogen-bond donors (Lipinski definition) is 0. The highest BCUT2D eigenvalue weighted by molar-refractivity contribution is 6.02. The van der Waals surface area contributed by atoms with Crippen molar-refractivity contribution in [1.82, 2.24) is 9.97 Å². The molecule has 0 saturated carbocycles. The average molecular weight is 263 g/mol. The van der Waals surface area contributed by atoms with Gasteiger partial charge in [0.1, 0.15) is 11.6 Å². The number of carbonyl (C=O) groups is 1. The number of rotatable bonds is 1. The van der Waals surface area contributed by atoms with Crippen LogP contribution in [0.1, 0.15) is 30.9 Å². The van der Waals surface area contributed by atoms with Crippen molar-refractivity contribution >= 4 is 22.4 Å². The van der Waals surface area contributed by atoms with Crippen molar-refractivity contribution in [2.45, 2.75) is 19.8 Å². The fourth-order valence-electron chi connectivity index (χ4n) is 2.70. The van der Waals surface area contributed by atoms with Crippen LogP contribution in [-0.2, 0) is 4.79 Å². The van der Waals surface area contributed by atoms with Crippen LogP contribution in [0.5, 0.6) is 0 Å². The Morgan fingerprint density at radius 2 is 1.95 bits per heavy atom. The number of nitriles is 1. The SMILES string of the molecule is CC1CC(=O)C=C(c2ccc(C#N)c3nccnc23)C1. The molecule has 1 aliphatic rings. The molecule has 0 aliphatic heterocycles. The molecule has 1 aromatic heterocycles. The highest BCUT2D eigenvalue weighted by Crippen LogP contribution is 2.32. The molecule has 0 fully saturated rings. The molecule has 4 nitrogen and oxygen atoms in total. The molecule has 0 spiro atoms. The van der Waals surface area contributed by atoms with E-state index in [1.807, 2.05) is 6.07 Å². The Morgan fingerprint density at radius 1 is 1.20 bits per heavy atom. The first kappa shape index (κ1) is 12.5. The van der Waals surface area contributed by atoms with Crippen LogP contribution < -0.4 is 0 Å². The van der Waals surface area contributed by atoms with E-state index in [1.165, 1.54) is 0 Å². The quantitative estimate of drug-likeness (QED) is 0.793. The molecular weight excluding hydrogens is 250 g/mol. The van der Waals surface area contributed by atoms with Crippen LogP contribution in [0.25, 0.3) is 16.6 Å². The summed E-state index contributed by atoms with van der Waals surface area (Å²) in [6.07, 6.45) is 6.35. The van der Waals surface area contributed by atoms with Crippen LogP contribution in [0, 0.1) is 17.2 Å². The van der Waals surface area contributed by atoms with E-state index >= 15 is 0 Å². The van der Waals surface area contributed by atoms with Gasteiger partial charge in [-0.2, -0.15) is 5.26 Å². The molecule has 0 radical (unpaired) electrons. The summed E-state index contributed by atoms with van der Waals surface area (Å²) in [4.78, 5) is 20.3. The van der Waals surface area contributed by atoms with E-state index in [9.17, 15) is 4.79 Å². The highest BCUT2D eigenvalue weighted by Gasteiger charge is 2.20. The van der Waals surface area contributed by atoms with Gasteiger partial charge in [0.05, 0.1) is 11.1 Å². The number of nitrogens with zero attached hydrogens (tertiary/aromatic N) is 3. The van der Waals surface area contributed by atoms with Gasteiger partial charge in [-0.05, 0) is 30.1 Å². The molecule has 4 heteroatoms. The number of fused-ring (bicyclic) bond motifs is 1. The first-order valence-corrected chi connectivity index (χ1v) is 6.56. The second kappa shape index (κ2) is 4.86. The molecule has 3 rings (SSSR count). The second-order valence-corrected chi connectivity index (χ2v) is 5.18. The van der Waals surface area contributed by atoms with Crippen molar-refractivity contribution in [1.29, 1.82) is 5.26 Å². The highest BCUT2D eigenvalue weighted by atomic mass is 16.1. The summed E-state index contributed by atoms with van der Waals surface area (Å²) in [7, 11) is 0. The molecule has 0 amide bonds. The van der Waals surface area contributed by atoms with Crippen LogP contribution in [0.2, 0.25) is 0 Å². The van der Waals surface area contributed by atoms with E-state index in [0.717, 1.165) is 17.6 Å². The van der Waals surface area contributed by atoms with Crippen LogP contribution in [-0.4, -0.2) is 15.8 Å². The van der Waals surface area contributed by atoms with E-state index in [1.54, 1.807) is 24.5 Å². The van der Waals surface area contributed by atoms with Gasteiger partial charge in [-0.15, -0.1) is 0 Å². The fourth-order valence-corrected chi connectivity index (χ4v) is 2.70. The third-order valence-corrected chi connectivity index (χ3v) is 3.54. The van der Waals surface area contributed by atoms with Crippen LogP contribution in [0.4, 0.5) is 0 Å². The van der Waals surface area contributed by atoms with Crippen molar-refractivity contribution in [3.63, 3.8) is 0 Å². The minimum Gasteiger partial charge on any atom is -0.295 e. The lowest BCUT2D eigenvalue weighted by atomic mass is 9.85. The molecule has 20 heavy (non-hydrogen) atoms. The summed E-state index contributed by atoms with van der Waals surface area (Å²) >= 11 is 0. The molecule has 98 valence electrons.